The molecule has 0 bridgehead atoms. The van der Waals surface area contributed by atoms with Crippen LogP contribution in [0, 0.1) is 0 Å². The van der Waals surface area contributed by atoms with Gasteiger partial charge in [0.15, 0.2) is 0 Å². The lowest BCUT2D eigenvalue weighted by Gasteiger charge is -2.08. The van der Waals surface area contributed by atoms with Gasteiger partial charge in [-0.25, -0.2) is 9.97 Å². The molecule has 3 aromatic rings. The maximum Gasteiger partial charge on any atom is 0.254 e. The molecule has 0 saturated heterocycles. The Morgan fingerprint density at radius 3 is 3.00 bits per heavy atom. The Morgan fingerprint density at radius 1 is 1.33 bits per heavy atom. The second kappa shape index (κ2) is 6.15. The molecule has 2 N–H and O–H groups in total. The summed E-state index contributed by atoms with van der Waals surface area (Å²) in [4.78, 5) is 12.9. The van der Waals surface area contributed by atoms with Crippen molar-refractivity contribution in [3.05, 3.63) is 34.2 Å². The number of thiazole rings is 1. The molecule has 7 nitrogen and oxygen atoms in total. The number of nitrogens with one attached hydrogen (secondary N) is 1. The third kappa shape index (κ3) is 3.01. The maximum absolute atomic E-state index is 9.04. The second-order valence-corrected chi connectivity index (χ2v) is 5.54. The number of hydrogen-bond acceptors (Lipinski definition) is 7. The Kier molecular flexibility index (Phi) is 4.07. The fourth-order valence-corrected chi connectivity index (χ4v) is 2.77. The van der Waals surface area contributed by atoms with Crippen LogP contribution >= 0.6 is 11.3 Å². The fourth-order valence-electron chi connectivity index (χ4n) is 2.04. The molecular weight excluding hydrogens is 288 g/mol. The number of nitrogens with zero attached hydrogens (tertiary/aromatic N) is 5. The summed E-state index contributed by atoms with van der Waals surface area (Å²) in [6, 6.07) is 1.99. The van der Waals surface area contributed by atoms with Crippen LogP contribution in [0.25, 0.3) is 5.78 Å². The van der Waals surface area contributed by atoms with Crippen LogP contribution in [-0.2, 0) is 19.6 Å². The van der Waals surface area contributed by atoms with E-state index in [1.165, 1.54) is 17.7 Å². The summed E-state index contributed by atoms with van der Waals surface area (Å²) in [5.41, 5.74) is 1.69. The van der Waals surface area contributed by atoms with Gasteiger partial charge in [0, 0.05) is 17.1 Å². The minimum Gasteiger partial charge on any atom is -0.390 e. The quantitative estimate of drug-likeness (QED) is 0.720. The summed E-state index contributed by atoms with van der Waals surface area (Å²) in [5, 5.41) is 19.3. The summed E-state index contributed by atoms with van der Waals surface area (Å²) in [7, 11) is 0. The molecule has 0 atom stereocenters. The van der Waals surface area contributed by atoms with Crippen LogP contribution < -0.4 is 5.32 Å². The van der Waals surface area contributed by atoms with E-state index in [-0.39, 0.29) is 6.61 Å². The van der Waals surface area contributed by atoms with Gasteiger partial charge in [-0.05, 0) is 6.42 Å². The van der Waals surface area contributed by atoms with E-state index < -0.39 is 0 Å². The third-order valence-electron chi connectivity index (χ3n) is 2.99. The zero-order chi connectivity index (χ0) is 14.7. The normalized spacial score (nSPS) is 11.1. The van der Waals surface area contributed by atoms with Crippen LogP contribution in [0.1, 0.15) is 29.7 Å². The standard InChI is InChI=1S/C13H16N6OS/c1-2-3-9-4-11(19-13(18-9)15-8-16-19)14-5-12-17-10(6-20)7-21-12/h4,7-8,14,20H,2-3,5-6H2,1H3. The van der Waals surface area contributed by atoms with Crippen molar-refractivity contribution >= 4 is 22.9 Å². The first-order chi connectivity index (χ1) is 10.3. The Labute approximate surface area is 125 Å². The van der Waals surface area contributed by atoms with Crippen molar-refractivity contribution in [1.29, 1.82) is 0 Å². The number of aromatic nitrogens is 5. The minimum atomic E-state index is -0.0280. The van der Waals surface area contributed by atoms with Gasteiger partial charge in [-0.2, -0.15) is 14.6 Å². The highest BCUT2D eigenvalue weighted by Gasteiger charge is 2.08. The smallest absolute Gasteiger partial charge is 0.254 e. The molecule has 0 unspecified atom stereocenters. The number of fused-ring (bicyclic) bond motifs is 1. The lowest BCUT2D eigenvalue weighted by atomic mass is 10.2. The van der Waals surface area contributed by atoms with E-state index in [0.717, 1.165) is 29.4 Å². The summed E-state index contributed by atoms with van der Waals surface area (Å²) >= 11 is 1.52. The van der Waals surface area contributed by atoms with Gasteiger partial charge in [-0.15, -0.1) is 11.3 Å². The van der Waals surface area contributed by atoms with E-state index in [4.69, 9.17) is 5.11 Å². The zero-order valence-corrected chi connectivity index (χ0v) is 12.5. The van der Waals surface area contributed by atoms with E-state index in [0.29, 0.717) is 18.0 Å². The highest BCUT2D eigenvalue weighted by molar-refractivity contribution is 7.09. The molecule has 0 saturated carbocycles. The first-order valence-electron chi connectivity index (χ1n) is 6.78. The van der Waals surface area contributed by atoms with Gasteiger partial charge in [-0.3, -0.25) is 0 Å². The number of aliphatic hydroxyl groups excluding tert-OH is 1. The summed E-state index contributed by atoms with van der Waals surface area (Å²) < 4.78 is 1.68. The van der Waals surface area contributed by atoms with E-state index in [2.05, 4.69) is 32.3 Å². The first kappa shape index (κ1) is 13.9. The molecule has 0 aromatic carbocycles. The molecule has 3 heterocycles. The Bertz CT molecular complexity index is 737. The molecule has 0 radical (unpaired) electrons. The molecule has 0 amide bonds. The van der Waals surface area contributed by atoms with Crippen molar-refractivity contribution in [1.82, 2.24) is 24.6 Å². The van der Waals surface area contributed by atoms with Gasteiger partial charge < -0.3 is 10.4 Å². The van der Waals surface area contributed by atoms with Crippen molar-refractivity contribution in [3.8, 4) is 0 Å². The molecule has 3 rings (SSSR count). The molecular formula is C13H16N6OS. The summed E-state index contributed by atoms with van der Waals surface area (Å²) in [6.45, 7) is 2.67. The average Bonchev–Trinajstić information content (AvgIpc) is 3.13. The van der Waals surface area contributed by atoms with Crippen LogP contribution in [0.4, 0.5) is 5.82 Å². The van der Waals surface area contributed by atoms with E-state index in [9.17, 15) is 0 Å². The number of hydrogen-bond donors (Lipinski definition) is 2. The lowest BCUT2D eigenvalue weighted by molar-refractivity contribution is 0.277. The summed E-state index contributed by atoms with van der Waals surface area (Å²) in [6.07, 6.45) is 3.43. The van der Waals surface area contributed by atoms with Crippen LogP contribution in [-0.4, -0.2) is 29.7 Å². The molecule has 0 fully saturated rings. The zero-order valence-electron chi connectivity index (χ0n) is 11.7. The molecule has 0 spiro atoms. The molecule has 21 heavy (non-hydrogen) atoms. The van der Waals surface area contributed by atoms with Crippen molar-refractivity contribution < 1.29 is 5.11 Å². The number of anilines is 1. The number of aliphatic hydroxyl groups is 1. The topological polar surface area (TPSA) is 88.2 Å². The number of aryl methyl sites for hydroxylation is 1. The van der Waals surface area contributed by atoms with Gasteiger partial charge in [-0.1, -0.05) is 13.3 Å². The van der Waals surface area contributed by atoms with Crippen molar-refractivity contribution in [2.75, 3.05) is 5.32 Å². The highest BCUT2D eigenvalue weighted by atomic mass is 32.1. The Morgan fingerprint density at radius 2 is 2.24 bits per heavy atom. The van der Waals surface area contributed by atoms with Gasteiger partial charge in [0.25, 0.3) is 5.78 Å². The van der Waals surface area contributed by atoms with E-state index in [1.807, 2.05) is 11.4 Å². The molecule has 0 aliphatic rings. The fraction of sp³-hybridized carbons (Fsp3) is 0.385. The SMILES string of the molecule is CCCc1cc(NCc2nc(CO)cs2)n2ncnc2n1. The average molecular weight is 304 g/mol. The first-order valence-corrected chi connectivity index (χ1v) is 7.65. The van der Waals surface area contributed by atoms with Gasteiger partial charge in [0.05, 0.1) is 18.8 Å². The largest absolute Gasteiger partial charge is 0.390 e. The van der Waals surface area contributed by atoms with Crippen LogP contribution in [0.5, 0.6) is 0 Å². The van der Waals surface area contributed by atoms with Crippen molar-refractivity contribution in [2.45, 2.75) is 32.9 Å². The lowest BCUT2D eigenvalue weighted by Crippen LogP contribution is -2.07. The predicted molar refractivity (Wildman–Crippen MR) is 80.1 cm³/mol. The monoisotopic (exact) mass is 304 g/mol. The third-order valence-corrected chi connectivity index (χ3v) is 3.89. The Balaban J connectivity index is 1.83. The highest BCUT2D eigenvalue weighted by Crippen LogP contribution is 2.15. The number of rotatable bonds is 6. The molecule has 8 heteroatoms. The molecule has 3 aromatic heterocycles. The maximum atomic E-state index is 9.04. The molecule has 110 valence electrons. The van der Waals surface area contributed by atoms with Gasteiger partial charge in [0.2, 0.25) is 0 Å². The molecule has 0 aliphatic heterocycles. The van der Waals surface area contributed by atoms with E-state index >= 15 is 0 Å². The van der Waals surface area contributed by atoms with Crippen LogP contribution in [0.15, 0.2) is 17.8 Å². The Hall–Kier alpha value is -2.06. The van der Waals surface area contributed by atoms with Crippen LogP contribution in [0.2, 0.25) is 0 Å². The summed E-state index contributed by atoms with van der Waals surface area (Å²) in [5.74, 6) is 1.44. The van der Waals surface area contributed by atoms with Crippen molar-refractivity contribution in [3.63, 3.8) is 0 Å². The van der Waals surface area contributed by atoms with Crippen LogP contribution in [0.3, 0.4) is 0 Å². The van der Waals surface area contributed by atoms with Gasteiger partial charge >= 0.3 is 0 Å². The second-order valence-electron chi connectivity index (χ2n) is 4.60. The molecule has 0 aliphatic carbocycles. The minimum absolute atomic E-state index is 0.0280. The predicted octanol–water partition coefficient (Wildman–Crippen LogP) is 1.64. The van der Waals surface area contributed by atoms with E-state index in [1.54, 1.807) is 4.52 Å². The van der Waals surface area contributed by atoms with Crippen molar-refractivity contribution in [2.24, 2.45) is 0 Å². The van der Waals surface area contributed by atoms with Gasteiger partial charge in [0.1, 0.15) is 17.2 Å².